The van der Waals surface area contributed by atoms with Gasteiger partial charge < -0.3 is 15.8 Å². The lowest BCUT2D eigenvalue weighted by Crippen LogP contribution is -2.46. The molecular weight excluding hydrogens is 276 g/mol. The van der Waals surface area contributed by atoms with E-state index in [2.05, 4.69) is 11.4 Å². The van der Waals surface area contributed by atoms with Crippen molar-refractivity contribution in [2.45, 2.75) is 51.2 Å². The van der Waals surface area contributed by atoms with E-state index in [1.807, 2.05) is 12.1 Å². The minimum atomic E-state index is 0.00312. The number of amides is 1. The maximum Gasteiger partial charge on any atom is 0.251 e. The van der Waals surface area contributed by atoms with Crippen LogP contribution in [0, 0.1) is 5.92 Å². The zero-order chi connectivity index (χ0) is 15.4. The molecule has 0 bridgehead atoms. The van der Waals surface area contributed by atoms with Crippen LogP contribution in [0.3, 0.4) is 0 Å². The van der Waals surface area contributed by atoms with Gasteiger partial charge in [0.15, 0.2) is 0 Å². The molecule has 22 heavy (non-hydrogen) atoms. The highest BCUT2D eigenvalue weighted by molar-refractivity contribution is 5.96. The molecule has 1 fully saturated rings. The SMILES string of the molecule is NCC(NC(=O)c1cccc2c1COCC2)C1CCCCC1. The summed E-state index contributed by atoms with van der Waals surface area (Å²) in [5.41, 5.74) is 8.97. The average Bonchev–Trinajstić information content (AvgIpc) is 2.59. The molecule has 0 saturated heterocycles. The van der Waals surface area contributed by atoms with E-state index in [1.165, 1.54) is 37.7 Å². The van der Waals surface area contributed by atoms with Crippen molar-refractivity contribution >= 4 is 5.91 Å². The second kappa shape index (κ2) is 7.25. The molecule has 1 unspecified atom stereocenters. The third-order valence-electron chi connectivity index (χ3n) is 5.07. The van der Waals surface area contributed by atoms with Gasteiger partial charge in [-0.2, -0.15) is 0 Å². The Kier molecular flexibility index (Phi) is 5.11. The van der Waals surface area contributed by atoms with E-state index in [4.69, 9.17) is 10.5 Å². The van der Waals surface area contributed by atoms with Crippen LogP contribution < -0.4 is 11.1 Å². The fraction of sp³-hybridized carbons (Fsp3) is 0.611. The summed E-state index contributed by atoms with van der Waals surface area (Å²) in [4.78, 5) is 12.7. The largest absolute Gasteiger partial charge is 0.376 e. The Morgan fingerprint density at radius 1 is 1.32 bits per heavy atom. The van der Waals surface area contributed by atoms with Gasteiger partial charge in [0, 0.05) is 18.2 Å². The van der Waals surface area contributed by atoms with E-state index in [0.717, 1.165) is 24.2 Å². The Morgan fingerprint density at radius 2 is 2.14 bits per heavy atom. The number of ether oxygens (including phenoxy) is 1. The van der Waals surface area contributed by atoms with Gasteiger partial charge in [0.25, 0.3) is 5.91 Å². The van der Waals surface area contributed by atoms with Gasteiger partial charge in [-0.25, -0.2) is 0 Å². The quantitative estimate of drug-likeness (QED) is 0.897. The summed E-state index contributed by atoms with van der Waals surface area (Å²) in [6.07, 6.45) is 7.07. The van der Waals surface area contributed by atoms with E-state index in [1.54, 1.807) is 0 Å². The van der Waals surface area contributed by atoms with Crippen molar-refractivity contribution in [3.05, 3.63) is 34.9 Å². The van der Waals surface area contributed by atoms with Gasteiger partial charge >= 0.3 is 0 Å². The summed E-state index contributed by atoms with van der Waals surface area (Å²) < 4.78 is 5.53. The zero-order valence-corrected chi connectivity index (χ0v) is 13.1. The number of carbonyl (C=O) groups is 1. The first-order valence-corrected chi connectivity index (χ1v) is 8.49. The van der Waals surface area contributed by atoms with Gasteiger partial charge in [-0.15, -0.1) is 0 Å². The first-order chi connectivity index (χ1) is 10.8. The van der Waals surface area contributed by atoms with E-state index < -0.39 is 0 Å². The first kappa shape index (κ1) is 15.5. The number of carbonyl (C=O) groups excluding carboxylic acids is 1. The lowest BCUT2D eigenvalue weighted by molar-refractivity contribution is 0.0892. The van der Waals surface area contributed by atoms with Crippen LogP contribution in [0.2, 0.25) is 0 Å². The molecule has 1 heterocycles. The lowest BCUT2D eigenvalue weighted by atomic mass is 9.83. The Balaban J connectivity index is 1.73. The number of hydrogen-bond donors (Lipinski definition) is 2. The molecule has 1 aliphatic carbocycles. The molecule has 1 amide bonds. The molecule has 1 aromatic rings. The van der Waals surface area contributed by atoms with E-state index in [-0.39, 0.29) is 11.9 Å². The smallest absolute Gasteiger partial charge is 0.251 e. The Labute approximate surface area is 132 Å². The minimum Gasteiger partial charge on any atom is -0.376 e. The van der Waals surface area contributed by atoms with Gasteiger partial charge in [-0.05, 0) is 42.4 Å². The average molecular weight is 302 g/mol. The zero-order valence-electron chi connectivity index (χ0n) is 13.1. The van der Waals surface area contributed by atoms with Crippen molar-refractivity contribution in [1.82, 2.24) is 5.32 Å². The topological polar surface area (TPSA) is 64.3 Å². The standard InChI is InChI=1S/C18H26N2O2/c19-11-17(14-5-2-1-3-6-14)20-18(21)15-8-4-7-13-9-10-22-12-16(13)15/h4,7-8,14,17H,1-3,5-6,9-12,19H2,(H,20,21). The van der Waals surface area contributed by atoms with Crippen molar-refractivity contribution in [1.29, 1.82) is 0 Å². The maximum absolute atomic E-state index is 12.7. The molecule has 2 aliphatic rings. The highest BCUT2D eigenvalue weighted by atomic mass is 16.5. The summed E-state index contributed by atoms with van der Waals surface area (Å²) in [5.74, 6) is 0.530. The number of hydrogen-bond acceptors (Lipinski definition) is 3. The highest BCUT2D eigenvalue weighted by Crippen LogP contribution is 2.27. The number of nitrogens with one attached hydrogen (secondary N) is 1. The van der Waals surface area contributed by atoms with Gasteiger partial charge in [0.2, 0.25) is 0 Å². The molecule has 1 atom stereocenters. The third-order valence-corrected chi connectivity index (χ3v) is 5.07. The van der Waals surface area contributed by atoms with Crippen molar-refractivity contribution in [3.63, 3.8) is 0 Å². The molecule has 1 saturated carbocycles. The van der Waals surface area contributed by atoms with Crippen molar-refractivity contribution in [3.8, 4) is 0 Å². The number of benzene rings is 1. The predicted molar refractivity (Wildman–Crippen MR) is 86.7 cm³/mol. The van der Waals surface area contributed by atoms with Crippen LogP contribution in [0.15, 0.2) is 18.2 Å². The molecule has 0 spiro atoms. The van der Waals surface area contributed by atoms with Crippen LogP contribution in [0.25, 0.3) is 0 Å². The van der Waals surface area contributed by atoms with Crippen molar-refractivity contribution in [2.24, 2.45) is 11.7 Å². The van der Waals surface area contributed by atoms with E-state index in [9.17, 15) is 4.79 Å². The molecule has 4 nitrogen and oxygen atoms in total. The third kappa shape index (κ3) is 3.33. The van der Waals surface area contributed by atoms with Crippen LogP contribution >= 0.6 is 0 Å². The number of rotatable bonds is 4. The normalized spacial score (nSPS) is 20.2. The maximum atomic E-state index is 12.7. The van der Waals surface area contributed by atoms with Crippen molar-refractivity contribution in [2.75, 3.05) is 13.2 Å². The molecule has 0 aromatic heterocycles. The van der Waals surface area contributed by atoms with E-state index in [0.29, 0.717) is 19.1 Å². The summed E-state index contributed by atoms with van der Waals surface area (Å²) in [6, 6.07) is 6.05. The second-order valence-electron chi connectivity index (χ2n) is 6.46. The molecule has 0 radical (unpaired) electrons. The van der Waals surface area contributed by atoms with Gasteiger partial charge in [0.1, 0.15) is 0 Å². The number of fused-ring (bicyclic) bond motifs is 1. The molecule has 3 rings (SSSR count). The summed E-state index contributed by atoms with van der Waals surface area (Å²) in [7, 11) is 0. The van der Waals surface area contributed by atoms with Gasteiger partial charge in [-0.1, -0.05) is 31.4 Å². The van der Waals surface area contributed by atoms with E-state index >= 15 is 0 Å². The summed E-state index contributed by atoms with van der Waals surface area (Å²) in [6.45, 7) is 1.79. The molecule has 1 aliphatic heterocycles. The summed E-state index contributed by atoms with van der Waals surface area (Å²) in [5, 5.41) is 3.18. The Morgan fingerprint density at radius 3 is 2.91 bits per heavy atom. The molecular formula is C18H26N2O2. The van der Waals surface area contributed by atoms with Crippen LogP contribution in [0.1, 0.15) is 53.6 Å². The fourth-order valence-electron chi connectivity index (χ4n) is 3.76. The second-order valence-corrected chi connectivity index (χ2v) is 6.46. The van der Waals surface area contributed by atoms with Gasteiger partial charge in [-0.3, -0.25) is 4.79 Å². The van der Waals surface area contributed by atoms with Crippen molar-refractivity contribution < 1.29 is 9.53 Å². The first-order valence-electron chi connectivity index (χ1n) is 8.49. The Hall–Kier alpha value is -1.39. The van der Waals surface area contributed by atoms with Crippen LogP contribution in [-0.2, 0) is 17.8 Å². The Bertz CT molecular complexity index is 524. The monoisotopic (exact) mass is 302 g/mol. The van der Waals surface area contributed by atoms with Crippen LogP contribution in [0.5, 0.6) is 0 Å². The highest BCUT2D eigenvalue weighted by Gasteiger charge is 2.26. The number of nitrogens with two attached hydrogens (primary N) is 1. The predicted octanol–water partition coefficient (Wildman–Crippen LogP) is 2.40. The lowest BCUT2D eigenvalue weighted by Gasteiger charge is -2.30. The van der Waals surface area contributed by atoms with Crippen LogP contribution in [-0.4, -0.2) is 25.1 Å². The summed E-state index contributed by atoms with van der Waals surface area (Å²) >= 11 is 0. The fourth-order valence-corrected chi connectivity index (χ4v) is 3.76. The molecule has 1 aromatic carbocycles. The minimum absolute atomic E-state index is 0.00312. The van der Waals surface area contributed by atoms with Crippen LogP contribution in [0.4, 0.5) is 0 Å². The molecule has 3 N–H and O–H groups in total. The molecule has 120 valence electrons. The van der Waals surface area contributed by atoms with Gasteiger partial charge in [0.05, 0.1) is 13.2 Å². The molecule has 4 heteroatoms.